The molecule has 58 valence electrons. The van der Waals surface area contributed by atoms with Crippen molar-refractivity contribution in [3.8, 4) is 0 Å². The molecular formula is C7H12O3. The van der Waals surface area contributed by atoms with Gasteiger partial charge in [0.15, 0.2) is 6.79 Å². The normalized spacial score (nSPS) is 10.1. The van der Waals surface area contributed by atoms with Gasteiger partial charge in [0.2, 0.25) is 0 Å². The molecule has 0 radical (unpaired) electrons. The predicted molar refractivity (Wildman–Crippen MR) is 37.4 cm³/mol. The van der Waals surface area contributed by atoms with Crippen molar-refractivity contribution in [2.24, 2.45) is 0 Å². The van der Waals surface area contributed by atoms with Gasteiger partial charge in [-0.3, -0.25) is 0 Å². The van der Waals surface area contributed by atoms with Crippen molar-refractivity contribution in [2.75, 3.05) is 13.9 Å². The maximum Gasteiger partial charge on any atom is 0.187 e. The Morgan fingerprint density at radius 1 is 1.40 bits per heavy atom. The summed E-state index contributed by atoms with van der Waals surface area (Å²) in [5.41, 5.74) is 0. The highest BCUT2D eigenvalue weighted by molar-refractivity contribution is 5.49. The SMILES string of the molecule is COCOC=CCCC=O. The quantitative estimate of drug-likeness (QED) is 0.242. The molecule has 0 heterocycles. The van der Waals surface area contributed by atoms with Crippen LogP contribution in [-0.2, 0) is 14.3 Å². The highest BCUT2D eigenvalue weighted by atomic mass is 16.7. The topological polar surface area (TPSA) is 35.5 Å². The van der Waals surface area contributed by atoms with Crippen LogP contribution in [0.4, 0.5) is 0 Å². The zero-order chi connectivity index (χ0) is 7.66. The Morgan fingerprint density at radius 2 is 2.20 bits per heavy atom. The second-order valence-corrected chi connectivity index (χ2v) is 1.69. The molecule has 0 aromatic rings. The number of hydrogen-bond acceptors (Lipinski definition) is 3. The van der Waals surface area contributed by atoms with Crippen LogP contribution in [0.3, 0.4) is 0 Å². The monoisotopic (exact) mass is 144 g/mol. The van der Waals surface area contributed by atoms with Crippen molar-refractivity contribution in [1.29, 1.82) is 0 Å². The Labute approximate surface area is 60.6 Å². The number of carbonyl (C=O) groups excluding carboxylic acids is 1. The summed E-state index contributed by atoms with van der Waals surface area (Å²) < 4.78 is 9.42. The van der Waals surface area contributed by atoms with Gasteiger partial charge >= 0.3 is 0 Å². The minimum Gasteiger partial charge on any atom is -0.476 e. The third kappa shape index (κ3) is 7.17. The van der Waals surface area contributed by atoms with Gasteiger partial charge in [-0.05, 0) is 12.5 Å². The van der Waals surface area contributed by atoms with Crippen LogP contribution < -0.4 is 0 Å². The van der Waals surface area contributed by atoms with E-state index in [9.17, 15) is 4.79 Å². The third-order valence-electron chi connectivity index (χ3n) is 0.830. The van der Waals surface area contributed by atoms with E-state index < -0.39 is 0 Å². The van der Waals surface area contributed by atoms with E-state index in [-0.39, 0.29) is 6.79 Å². The van der Waals surface area contributed by atoms with Gasteiger partial charge in [0.05, 0.1) is 6.26 Å². The van der Waals surface area contributed by atoms with Crippen molar-refractivity contribution in [3.05, 3.63) is 12.3 Å². The Balaban J connectivity index is 2.96. The molecule has 0 aliphatic heterocycles. The second-order valence-electron chi connectivity index (χ2n) is 1.69. The lowest BCUT2D eigenvalue weighted by Crippen LogP contribution is -1.87. The van der Waals surface area contributed by atoms with Crippen LogP contribution in [0.15, 0.2) is 12.3 Å². The van der Waals surface area contributed by atoms with Crippen LogP contribution in [0.5, 0.6) is 0 Å². The van der Waals surface area contributed by atoms with Crippen molar-refractivity contribution >= 4 is 6.29 Å². The van der Waals surface area contributed by atoms with Crippen LogP contribution in [0, 0.1) is 0 Å². The van der Waals surface area contributed by atoms with Crippen LogP contribution in [0.1, 0.15) is 12.8 Å². The molecule has 0 saturated heterocycles. The minimum absolute atomic E-state index is 0.261. The third-order valence-corrected chi connectivity index (χ3v) is 0.830. The number of allylic oxidation sites excluding steroid dienone is 1. The van der Waals surface area contributed by atoms with Gasteiger partial charge in [0.1, 0.15) is 6.29 Å². The van der Waals surface area contributed by atoms with Gasteiger partial charge < -0.3 is 14.3 Å². The van der Waals surface area contributed by atoms with E-state index in [0.29, 0.717) is 6.42 Å². The van der Waals surface area contributed by atoms with Gasteiger partial charge in [0.25, 0.3) is 0 Å². The van der Waals surface area contributed by atoms with E-state index in [2.05, 4.69) is 4.74 Å². The molecule has 0 atom stereocenters. The second kappa shape index (κ2) is 8.17. The maximum atomic E-state index is 9.79. The largest absolute Gasteiger partial charge is 0.476 e. The Morgan fingerprint density at radius 3 is 2.80 bits per heavy atom. The summed E-state index contributed by atoms with van der Waals surface area (Å²) in [6.07, 6.45) is 5.47. The van der Waals surface area contributed by atoms with E-state index in [1.165, 1.54) is 6.26 Å². The lowest BCUT2D eigenvalue weighted by atomic mass is 10.3. The molecule has 0 unspecified atom stereocenters. The fourth-order valence-electron chi connectivity index (χ4n) is 0.408. The summed E-state index contributed by atoms with van der Waals surface area (Å²) in [4.78, 5) is 9.79. The average Bonchev–Trinajstić information content (AvgIpc) is 1.97. The summed E-state index contributed by atoms with van der Waals surface area (Å²) in [5.74, 6) is 0. The molecule has 0 bridgehead atoms. The van der Waals surface area contributed by atoms with Gasteiger partial charge in [-0.25, -0.2) is 0 Å². The van der Waals surface area contributed by atoms with Gasteiger partial charge in [-0.15, -0.1) is 0 Å². The summed E-state index contributed by atoms with van der Waals surface area (Å²) in [6.45, 7) is 0.261. The predicted octanol–water partition coefficient (Wildman–Crippen LogP) is 1.10. The van der Waals surface area contributed by atoms with E-state index in [1.807, 2.05) is 0 Å². The lowest BCUT2D eigenvalue weighted by Gasteiger charge is -1.94. The summed E-state index contributed by atoms with van der Waals surface area (Å²) in [6, 6.07) is 0. The highest BCUT2D eigenvalue weighted by Crippen LogP contribution is 1.87. The molecule has 0 fully saturated rings. The number of aldehydes is 1. The number of carbonyl (C=O) groups is 1. The van der Waals surface area contributed by atoms with Gasteiger partial charge in [-0.1, -0.05) is 0 Å². The van der Waals surface area contributed by atoms with E-state index >= 15 is 0 Å². The molecule has 0 amide bonds. The molecule has 0 spiro atoms. The first-order chi connectivity index (χ1) is 4.91. The summed E-state index contributed by atoms with van der Waals surface area (Å²) in [5, 5.41) is 0. The Bertz CT molecular complexity index is 99.0. The Hall–Kier alpha value is -0.830. The highest BCUT2D eigenvalue weighted by Gasteiger charge is 1.77. The minimum atomic E-state index is 0.261. The first kappa shape index (κ1) is 9.17. The molecule has 0 aromatic heterocycles. The molecular weight excluding hydrogens is 132 g/mol. The van der Waals surface area contributed by atoms with Crippen molar-refractivity contribution in [2.45, 2.75) is 12.8 Å². The first-order valence-electron chi connectivity index (χ1n) is 3.11. The molecule has 3 heteroatoms. The molecule has 0 rings (SSSR count). The molecule has 0 N–H and O–H groups in total. The van der Waals surface area contributed by atoms with E-state index in [0.717, 1.165) is 12.7 Å². The molecule has 0 saturated carbocycles. The summed E-state index contributed by atoms with van der Waals surface area (Å²) in [7, 11) is 1.55. The van der Waals surface area contributed by atoms with Crippen LogP contribution in [0.25, 0.3) is 0 Å². The number of ether oxygens (including phenoxy) is 2. The number of hydrogen-bond donors (Lipinski definition) is 0. The lowest BCUT2D eigenvalue weighted by molar-refractivity contribution is -0.107. The van der Waals surface area contributed by atoms with Crippen molar-refractivity contribution in [3.63, 3.8) is 0 Å². The number of methoxy groups -OCH3 is 1. The van der Waals surface area contributed by atoms with E-state index in [4.69, 9.17) is 4.74 Å². The Kier molecular flexibility index (Phi) is 7.49. The smallest absolute Gasteiger partial charge is 0.187 e. The van der Waals surface area contributed by atoms with E-state index in [1.54, 1.807) is 13.2 Å². The molecule has 0 aliphatic carbocycles. The maximum absolute atomic E-state index is 9.79. The number of unbranched alkanes of at least 4 members (excludes halogenated alkanes) is 1. The van der Waals surface area contributed by atoms with Crippen molar-refractivity contribution in [1.82, 2.24) is 0 Å². The first-order valence-corrected chi connectivity index (χ1v) is 3.11. The van der Waals surface area contributed by atoms with Crippen LogP contribution in [-0.4, -0.2) is 20.2 Å². The average molecular weight is 144 g/mol. The number of rotatable bonds is 6. The zero-order valence-corrected chi connectivity index (χ0v) is 6.08. The van der Waals surface area contributed by atoms with Gasteiger partial charge in [-0.2, -0.15) is 0 Å². The summed E-state index contributed by atoms with van der Waals surface area (Å²) >= 11 is 0. The van der Waals surface area contributed by atoms with Crippen LogP contribution >= 0.6 is 0 Å². The molecule has 0 aromatic carbocycles. The fraction of sp³-hybridized carbons (Fsp3) is 0.571. The zero-order valence-electron chi connectivity index (χ0n) is 6.08. The van der Waals surface area contributed by atoms with Crippen LogP contribution in [0.2, 0.25) is 0 Å². The fourth-order valence-corrected chi connectivity index (χ4v) is 0.408. The standard InChI is InChI=1S/C7H12O3/c1-9-7-10-6-4-2-3-5-8/h4-6H,2-3,7H2,1H3. The molecule has 3 nitrogen and oxygen atoms in total. The van der Waals surface area contributed by atoms with Gasteiger partial charge in [0, 0.05) is 13.5 Å². The molecule has 0 aliphatic rings. The van der Waals surface area contributed by atoms with Crippen molar-refractivity contribution < 1.29 is 14.3 Å². The molecule has 10 heavy (non-hydrogen) atoms.